The highest BCUT2D eigenvalue weighted by molar-refractivity contribution is 7.77. The van der Waals surface area contributed by atoms with E-state index >= 15 is 4.57 Å². The summed E-state index contributed by atoms with van der Waals surface area (Å²) in [7, 11) is -3.74. The van der Waals surface area contributed by atoms with Gasteiger partial charge >= 0.3 is 6.09 Å². The fourth-order valence-corrected chi connectivity index (χ4v) is 12.0. The van der Waals surface area contributed by atoms with Gasteiger partial charge in [0.15, 0.2) is 0 Å². The Morgan fingerprint density at radius 1 is 0.810 bits per heavy atom. The summed E-state index contributed by atoms with van der Waals surface area (Å²) < 4.78 is 27.5. The molecule has 1 saturated heterocycles. The van der Waals surface area contributed by atoms with Gasteiger partial charge in [-0.3, -0.25) is 24.0 Å². The highest BCUT2D eigenvalue weighted by atomic mass is 32.1. The van der Waals surface area contributed by atoms with Crippen molar-refractivity contribution in [3.8, 4) is 16.5 Å². The predicted octanol–water partition coefficient (Wildman–Crippen LogP) is 7.18. The molecule has 0 spiro atoms. The Morgan fingerprint density at radius 2 is 1.49 bits per heavy atom. The number of rotatable bonds is 9. The lowest BCUT2D eigenvalue weighted by Crippen LogP contribution is -2.58. The first-order valence-electron chi connectivity index (χ1n) is 22.0. The first kappa shape index (κ1) is 42.5. The van der Waals surface area contributed by atoms with Gasteiger partial charge in [-0.05, 0) is 99.2 Å². The molecule has 5 atom stereocenters. The standard InChI is InChI=1S/C48H51N6O7PS/c55-43-40-29-34(60-44-42(41-27-16-28-63-41)49-37-24-14-15-25-38(37)50-44)31-54(40)45(56)39(51-47(58)61-33-18-12-13-19-33)26-11-3-1-2-6-17-32-30-48(32,52-43)46(57)53-62(59,35-20-7-4-8-21-35)36-22-9-5-10-23-36/h4-10,14-17,20-25,27-28,32-34,39-40H,1-3,11-13,18-19,26,29-31H2,(H,51,58)(H,52,55)(H,53,57,59)/b17-6-/t32-,34-,39+,40+,48-/m1/s1. The second-order valence-corrected chi connectivity index (χ2v) is 20.3. The van der Waals surface area contributed by atoms with Crippen LogP contribution in [0.1, 0.15) is 70.6 Å². The number of para-hydroxylation sites is 2. The molecule has 0 radical (unpaired) electrons. The molecule has 3 fully saturated rings. The number of amides is 4. The normalized spacial score (nSPS) is 24.9. The van der Waals surface area contributed by atoms with Crippen LogP contribution >= 0.6 is 18.6 Å². The van der Waals surface area contributed by atoms with Gasteiger partial charge < -0.3 is 25.0 Å². The lowest BCUT2D eigenvalue weighted by atomic mass is 10.0. The first-order valence-corrected chi connectivity index (χ1v) is 24.6. The molecular formula is C48H51N6O7PS. The largest absolute Gasteiger partial charge is 0.471 e. The number of thiophene rings is 1. The van der Waals surface area contributed by atoms with Crippen LogP contribution in [0, 0.1) is 5.92 Å². The van der Waals surface area contributed by atoms with Crippen LogP contribution < -0.4 is 31.1 Å². The lowest BCUT2D eigenvalue weighted by molar-refractivity contribution is -0.141. The molecule has 3 N–H and O–H groups in total. The Morgan fingerprint density at radius 3 is 2.19 bits per heavy atom. The number of hydrogen-bond donors (Lipinski definition) is 3. The van der Waals surface area contributed by atoms with E-state index in [0.717, 1.165) is 49.8 Å². The van der Waals surface area contributed by atoms with Crippen molar-refractivity contribution in [2.45, 2.75) is 100 Å². The average Bonchev–Trinajstić information content (AvgIpc) is 3.80. The van der Waals surface area contributed by atoms with Crippen LogP contribution in [0.3, 0.4) is 0 Å². The molecular weight excluding hydrogens is 836 g/mol. The molecule has 2 aromatic heterocycles. The number of nitrogens with zero attached hydrogens (tertiary/aromatic N) is 3. The van der Waals surface area contributed by atoms with E-state index in [1.54, 1.807) is 48.5 Å². The number of allylic oxidation sites excluding steroid dienone is 1. The Hall–Kier alpha value is -5.85. The van der Waals surface area contributed by atoms with Gasteiger partial charge in [0.05, 0.1) is 22.5 Å². The molecule has 0 bridgehead atoms. The highest BCUT2D eigenvalue weighted by Gasteiger charge is 2.62. The summed E-state index contributed by atoms with van der Waals surface area (Å²) in [6.07, 6.45) is 9.63. The maximum Gasteiger partial charge on any atom is 0.408 e. The van der Waals surface area contributed by atoms with Crippen LogP contribution in [-0.4, -0.2) is 75.1 Å². The fourth-order valence-electron chi connectivity index (χ4n) is 9.09. The van der Waals surface area contributed by atoms with Gasteiger partial charge in [-0.15, -0.1) is 11.3 Å². The van der Waals surface area contributed by atoms with Crippen LogP contribution in [0.25, 0.3) is 21.6 Å². The molecule has 0 unspecified atom stereocenters. The minimum atomic E-state index is -3.74. The molecule has 2 aliphatic heterocycles. The fraction of sp³-hybridized carbons (Fsp3) is 0.375. The maximum absolute atomic E-state index is 15.1. The van der Waals surface area contributed by atoms with Crippen LogP contribution in [0.2, 0.25) is 0 Å². The quantitative estimate of drug-likeness (QED) is 0.103. The molecule has 2 aliphatic carbocycles. The van der Waals surface area contributed by atoms with Crippen LogP contribution in [-0.2, 0) is 23.7 Å². The molecule has 3 aromatic carbocycles. The maximum atomic E-state index is 15.1. The van der Waals surface area contributed by atoms with Crippen LogP contribution in [0.4, 0.5) is 4.79 Å². The topological polar surface area (TPSA) is 169 Å². The SMILES string of the molecule is O=C(N[C@H]1CCCCC/C=C\[C@@H]2C[C@@]2(C(=O)NP(=O)(c2ccccc2)c2ccccc2)NC(=O)[C@@H]2C[C@@H](Oc3nc4ccccc4nc3-c3cccs3)CN2C1=O)OC1CCCC1. The molecule has 5 aromatic rings. The summed E-state index contributed by atoms with van der Waals surface area (Å²) in [5.74, 6) is -1.68. The van der Waals surface area contributed by atoms with Crippen molar-refractivity contribution in [1.29, 1.82) is 0 Å². The van der Waals surface area contributed by atoms with Gasteiger partial charge in [0.25, 0.3) is 5.91 Å². The van der Waals surface area contributed by atoms with Crippen molar-refractivity contribution in [1.82, 2.24) is 30.6 Å². The molecule has 4 heterocycles. The molecule has 15 heteroatoms. The number of aromatic nitrogens is 2. The van der Waals surface area contributed by atoms with Gasteiger partial charge in [-0.1, -0.05) is 79.6 Å². The molecule has 4 aliphatic rings. The molecule has 4 amide bonds. The number of nitrogens with one attached hydrogen (secondary N) is 3. The smallest absolute Gasteiger partial charge is 0.408 e. The summed E-state index contributed by atoms with van der Waals surface area (Å²) in [4.78, 5) is 70.0. The number of carbonyl (C=O) groups excluding carboxylic acids is 4. The predicted molar refractivity (Wildman–Crippen MR) is 242 cm³/mol. The number of fused-ring (bicyclic) bond motifs is 3. The first-order chi connectivity index (χ1) is 30.7. The monoisotopic (exact) mass is 886 g/mol. The Labute approximate surface area is 370 Å². The second-order valence-electron chi connectivity index (χ2n) is 16.9. The summed E-state index contributed by atoms with van der Waals surface area (Å²) in [6.45, 7) is 0.00487. The van der Waals surface area contributed by atoms with E-state index in [0.29, 0.717) is 40.2 Å². The van der Waals surface area contributed by atoms with E-state index in [2.05, 4.69) is 15.7 Å². The van der Waals surface area contributed by atoms with Gasteiger partial charge in [-0.2, -0.15) is 0 Å². The summed E-state index contributed by atoms with van der Waals surface area (Å²) >= 11 is 1.49. The van der Waals surface area contributed by atoms with Crippen molar-refractivity contribution in [2.24, 2.45) is 5.92 Å². The number of hydrogen-bond acceptors (Lipinski definition) is 10. The third-order valence-corrected chi connectivity index (χ3v) is 16.0. The number of alkyl carbamates (subject to hydrolysis) is 1. The lowest BCUT2D eigenvalue weighted by Gasteiger charge is -2.30. The number of benzene rings is 3. The van der Waals surface area contributed by atoms with E-state index in [1.807, 2.05) is 66.1 Å². The Kier molecular flexibility index (Phi) is 12.4. The van der Waals surface area contributed by atoms with Crippen molar-refractivity contribution < 1.29 is 33.2 Å². The Balaban J connectivity index is 1.05. The van der Waals surface area contributed by atoms with Gasteiger partial charge in [0.2, 0.25) is 25.0 Å². The van der Waals surface area contributed by atoms with Gasteiger partial charge in [0, 0.05) is 22.9 Å². The van der Waals surface area contributed by atoms with Crippen molar-refractivity contribution in [3.05, 3.63) is 115 Å². The van der Waals surface area contributed by atoms with Crippen molar-refractivity contribution in [2.75, 3.05) is 6.54 Å². The Bertz CT molecular complexity index is 2490. The zero-order valence-corrected chi connectivity index (χ0v) is 36.6. The molecule has 326 valence electrons. The minimum absolute atomic E-state index is 0.00487. The summed E-state index contributed by atoms with van der Waals surface area (Å²) in [6, 6.07) is 27.0. The van der Waals surface area contributed by atoms with E-state index < -0.39 is 54.8 Å². The molecule has 2 saturated carbocycles. The molecule has 9 rings (SSSR count). The molecule has 13 nitrogen and oxygen atoms in total. The zero-order valence-electron chi connectivity index (χ0n) is 34.9. The summed E-state index contributed by atoms with van der Waals surface area (Å²) in [5.41, 5.74) is 0.423. The average molecular weight is 887 g/mol. The second kappa shape index (κ2) is 18.5. The van der Waals surface area contributed by atoms with Crippen LogP contribution in [0.15, 0.2) is 115 Å². The van der Waals surface area contributed by atoms with E-state index in [4.69, 9.17) is 19.4 Å². The third-order valence-electron chi connectivity index (χ3n) is 12.6. The highest BCUT2D eigenvalue weighted by Crippen LogP contribution is 2.49. The van der Waals surface area contributed by atoms with Crippen LogP contribution in [0.5, 0.6) is 5.88 Å². The van der Waals surface area contributed by atoms with Gasteiger partial charge in [0.1, 0.15) is 35.5 Å². The number of ether oxygens (including phenoxy) is 2. The van der Waals surface area contributed by atoms with E-state index in [1.165, 1.54) is 16.2 Å². The summed E-state index contributed by atoms with van der Waals surface area (Å²) in [5, 5.41) is 11.7. The number of carbonyl (C=O) groups is 4. The zero-order chi connectivity index (χ0) is 43.4. The van der Waals surface area contributed by atoms with E-state index in [-0.39, 0.29) is 37.3 Å². The molecule has 63 heavy (non-hydrogen) atoms. The minimum Gasteiger partial charge on any atom is -0.471 e. The third kappa shape index (κ3) is 9.15. The van der Waals surface area contributed by atoms with E-state index in [9.17, 15) is 19.2 Å². The van der Waals surface area contributed by atoms with Gasteiger partial charge in [-0.25, -0.2) is 14.8 Å². The van der Waals surface area contributed by atoms with Crippen molar-refractivity contribution >= 4 is 64.1 Å². The van der Waals surface area contributed by atoms with Crippen molar-refractivity contribution in [3.63, 3.8) is 0 Å².